The molecule has 0 aliphatic heterocycles. The van der Waals surface area contributed by atoms with Crippen LogP contribution in [0.25, 0.3) is 11.0 Å². The van der Waals surface area contributed by atoms with Crippen LogP contribution in [0.2, 0.25) is 0 Å². The van der Waals surface area contributed by atoms with Crippen LogP contribution in [0.5, 0.6) is 11.5 Å². The summed E-state index contributed by atoms with van der Waals surface area (Å²) in [5, 5.41) is 0.764. The van der Waals surface area contributed by atoms with Crippen molar-refractivity contribution in [2.24, 2.45) is 0 Å². The van der Waals surface area contributed by atoms with Crippen LogP contribution in [-0.4, -0.2) is 27.6 Å². The predicted molar refractivity (Wildman–Crippen MR) is 99.2 cm³/mol. The number of ether oxygens (including phenoxy) is 2. The average molecular weight is 360 g/mol. The number of benzene rings is 2. The van der Waals surface area contributed by atoms with Gasteiger partial charge in [-0.15, -0.1) is 0 Å². The smallest absolute Gasteiger partial charge is 0.209 e. The van der Waals surface area contributed by atoms with Crippen molar-refractivity contribution in [1.82, 2.24) is 10.3 Å². The average Bonchev–Trinajstić information content (AvgIpc) is 3.04. The number of aldehydes is 1. The first-order valence-corrected chi connectivity index (χ1v) is 8.28. The van der Waals surface area contributed by atoms with Gasteiger partial charge < -0.3 is 13.9 Å². The summed E-state index contributed by atoms with van der Waals surface area (Å²) in [6.07, 6.45) is 0.630. The lowest BCUT2D eigenvalue weighted by Gasteiger charge is -1.99. The first kappa shape index (κ1) is 18.9. The molecule has 0 atom stereocenters. The van der Waals surface area contributed by atoms with Crippen molar-refractivity contribution in [3.63, 3.8) is 0 Å². The summed E-state index contributed by atoms with van der Waals surface area (Å²) in [4.78, 5) is 14.8. The Bertz CT molecular complexity index is 805. The largest absolute Gasteiger partial charge is 0.497 e. The van der Waals surface area contributed by atoms with Crippen molar-refractivity contribution in [2.75, 3.05) is 21.3 Å². The fourth-order valence-corrected chi connectivity index (χ4v) is 2.60. The van der Waals surface area contributed by atoms with Crippen molar-refractivity contribution in [3.05, 3.63) is 54.3 Å². The summed E-state index contributed by atoms with van der Waals surface area (Å²) in [6, 6.07) is 15.4. The molecule has 0 bridgehead atoms. The van der Waals surface area contributed by atoms with Crippen LogP contribution in [-0.2, 0) is 0 Å². The minimum Gasteiger partial charge on any atom is -0.497 e. The normalized spacial score (nSPS) is 10.0. The summed E-state index contributed by atoms with van der Waals surface area (Å²) in [5.74, 6) is 1.33. The molecular formula is C18H20N2O4S. The maximum absolute atomic E-state index is 10.7. The van der Waals surface area contributed by atoms with E-state index in [2.05, 4.69) is 22.4 Å². The number of methoxy groups -OCH3 is 2. The van der Waals surface area contributed by atoms with Crippen molar-refractivity contribution >= 4 is 29.2 Å². The van der Waals surface area contributed by atoms with Gasteiger partial charge in [0.05, 0.1) is 19.6 Å². The highest BCUT2D eigenvalue weighted by Crippen LogP contribution is 2.33. The topological polar surface area (TPSA) is 72.7 Å². The van der Waals surface area contributed by atoms with Crippen molar-refractivity contribution in [3.8, 4) is 11.5 Å². The second kappa shape index (κ2) is 9.73. The number of carbonyl (C=O) groups excluding carboxylic acids is 1. The van der Waals surface area contributed by atoms with E-state index in [9.17, 15) is 4.79 Å². The molecule has 7 heteroatoms. The molecule has 132 valence electrons. The lowest BCUT2D eigenvalue weighted by atomic mass is 10.2. The molecule has 0 saturated carbocycles. The molecule has 25 heavy (non-hydrogen) atoms. The summed E-state index contributed by atoms with van der Waals surface area (Å²) in [7, 11) is 4.92. The van der Waals surface area contributed by atoms with Crippen LogP contribution in [0, 0.1) is 0 Å². The number of carbonyl (C=O) groups is 1. The van der Waals surface area contributed by atoms with E-state index in [-0.39, 0.29) is 5.76 Å². The Morgan fingerprint density at radius 3 is 2.44 bits per heavy atom. The molecule has 2 aromatic carbocycles. The molecule has 1 heterocycles. The molecule has 0 aliphatic carbocycles. The molecule has 0 radical (unpaired) electrons. The van der Waals surface area contributed by atoms with E-state index in [1.54, 1.807) is 37.3 Å². The lowest BCUT2D eigenvalue weighted by molar-refractivity contribution is 0.109. The fourth-order valence-electron chi connectivity index (χ4n) is 2.09. The molecule has 0 aliphatic rings. The number of hydrogen-bond acceptors (Lipinski definition) is 7. The van der Waals surface area contributed by atoms with Crippen molar-refractivity contribution in [1.29, 1.82) is 0 Å². The second-order valence-electron chi connectivity index (χ2n) is 4.75. The van der Waals surface area contributed by atoms with Gasteiger partial charge in [0.2, 0.25) is 5.76 Å². The van der Waals surface area contributed by atoms with Gasteiger partial charge in [0.25, 0.3) is 0 Å². The van der Waals surface area contributed by atoms with E-state index >= 15 is 0 Å². The van der Waals surface area contributed by atoms with Crippen LogP contribution in [0.3, 0.4) is 0 Å². The van der Waals surface area contributed by atoms with Crippen LogP contribution < -0.4 is 19.7 Å². The highest BCUT2D eigenvalue weighted by atomic mass is 32.2. The maximum atomic E-state index is 10.7. The fraction of sp³-hybridized carbons (Fsp3) is 0.167. The monoisotopic (exact) mass is 360 g/mol. The van der Waals surface area contributed by atoms with Crippen molar-refractivity contribution < 1.29 is 18.7 Å². The molecular weight excluding hydrogens is 340 g/mol. The van der Waals surface area contributed by atoms with Crippen LogP contribution >= 0.6 is 11.9 Å². The number of nitrogens with one attached hydrogen (secondary N) is 2. The molecule has 0 unspecified atom stereocenters. The van der Waals surface area contributed by atoms with Gasteiger partial charge in [-0.25, -0.2) is 0 Å². The van der Waals surface area contributed by atoms with E-state index in [4.69, 9.17) is 13.9 Å². The third-order valence-electron chi connectivity index (χ3n) is 3.20. The lowest BCUT2D eigenvalue weighted by Crippen LogP contribution is -2.18. The Morgan fingerprint density at radius 2 is 1.84 bits per heavy atom. The molecule has 0 saturated heterocycles. The van der Waals surface area contributed by atoms with E-state index in [1.807, 2.05) is 25.2 Å². The molecule has 3 rings (SSSR count). The van der Waals surface area contributed by atoms with Crippen molar-refractivity contribution in [2.45, 2.75) is 4.90 Å². The number of furan rings is 1. The Morgan fingerprint density at radius 1 is 1.08 bits per heavy atom. The summed E-state index contributed by atoms with van der Waals surface area (Å²) in [5.41, 5.74) is 3.41. The summed E-state index contributed by atoms with van der Waals surface area (Å²) < 4.78 is 15.5. The molecule has 0 spiro atoms. The SMILES string of the molecule is CNNSc1ccccc1.COc1ccc2c(OC)c(C=O)oc2c1. The van der Waals surface area contributed by atoms with E-state index in [1.165, 1.54) is 12.0 Å². The van der Waals surface area contributed by atoms with Gasteiger partial charge in [-0.1, -0.05) is 18.2 Å². The zero-order valence-electron chi connectivity index (χ0n) is 14.2. The van der Waals surface area contributed by atoms with Gasteiger partial charge in [0.1, 0.15) is 11.3 Å². The van der Waals surface area contributed by atoms with Gasteiger partial charge in [-0.3, -0.25) is 10.2 Å². The van der Waals surface area contributed by atoms with E-state index in [0.717, 1.165) is 5.39 Å². The number of rotatable bonds is 6. The quantitative estimate of drug-likeness (QED) is 0.395. The van der Waals surface area contributed by atoms with Gasteiger partial charge >= 0.3 is 0 Å². The molecule has 0 amide bonds. The third-order valence-corrected chi connectivity index (χ3v) is 4.02. The zero-order chi connectivity index (χ0) is 18.1. The Balaban J connectivity index is 0.000000196. The predicted octanol–water partition coefficient (Wildman–Crippen LogP) is 3.68. The summed E-state index contributed by atoms with van der Waals surface area (Å²) in [6.45, 7) is 0. The van der Waals surface area contributed by atoms with E-state index in [0.29, 0.717) is 23.4 Å². The first-order chi connectivity index (χ1) is 12.2. The minimum atomic E-state index is 0.195. The minimum absolute atomic E-state index is 0.195. The highest BCUT2D eigenvalue weighted by Gasteiger charge is 2.14. The standard InChI is InChI=1S/C11H10O4.C7H10N2S/c1-13-7-3-4-8-9(5-7)15-10(6-12)11(8)14-2;1-8-9-10-7-5-3-2-4-6-7/h3-6H,1-2H3;2-6,8-9H,1H3. The van der Waals surface area contributed by atoms with Gasteiger partial charge in [0.15, 0.2) is 12.0 Å². The van der Waals surface area contributed by atoms with Gasteiger partial charge in [0, 0.05) is 11.0 Å². The summed E-state index contributed by atoms with van der Waals surface area (Å²) >= 11 is 1.56. The number of hydrazine groups is 1. The highest BCUT2D eigenvalue weighted by molar-refractivity contribution is 7.97. The van der Waals surface area contributed by atoms with Crippen LogP contribution in [0.15, 0.2) is 57.8 Å². The van der Waals surface area contributed by atoms with Gasteiger partial charge in [-0.2, -0.15) is 4.83 Å². The van der Waals surface area contributed by atoms with Gasteiger partial charge in [-0.05, 0) is 43.3 Å². The van der Waals surface area contributed by atoms with Crippen LogP contribution in [0.1, 0.15) is 10.6 Å². The third kappa shape index (κ3) is 4.99. The molecule has 2 N–H and O–H groups in total. The van der Waals surface area contributed by atoms with E-state index < -0.39 is 0 Å². The van der Waals surface area contributed by atoms with Crippen LogP contribution in [0.4, 0.5) is 0 Å². The zero-order valence-corrected chi connectivity index (χ0v) is 15.1. The second-order valence-corrected chi connectivity index (χ2v) is 5.63. The Kier molecular flexibility index (Phi) is 7.34. The Hall–Kier alpha value is -2.48. The molecule has 3 aromatic rings. The molecule has 6 nitrogen and oxygen atoms in total. The first-order valence-electron chi connectivity index (χ1n) is 7.46. The number of hydrogen-bond donors (Lipinski definition) is 2. The molecule has 1 aromatic heterocycles. The maximum Gasteiger partial charge on any atom is 0.209 e. The number of fused-ring (bicyclic) bond motifs is 1. The molecule has 0 fully saturated rings. The Labute approximate surface area is 150 Å².